The Labute approximate surface area is 94.5 Å². The van der Waals surface area contributed by atoms with Crippen molar-refractivity contribution in [3.05, 3.63) is 11.9 Å². The van der Waals surface area contributed by atoms with Gasteiger partial charge in [0, 0.05) is 18.4 Å². The van der Waals surface area contributed by atoms with Crippen molar-refractivity contribution in [2.45, 2.75) is 58.8 Å². The Morgan fingerprint density at radius 2 is 1.73 bits per heavy atom. The Morgan fingerprint density at radius 1 is 1.07 bits per heavy atom. The van der Waals surface area contributed by atoms with E-state index in [0.717, 1.165) is 25.1 Å². The van der Waals surface area contributed by atoms with E-state index in [1.807, 2.05) is 6.20 Å². The minimum Gasteiger partial charge on any atom is -0.401 e. The molecule has 0 aliphatic heterocycles. The van der Waals surface area contributed by atoms with Gasteiger partial charge in [-0.05, 0) is 19.3 Å². The van der Waals surface area contributed by atoms with E-state index in [1.54, 1.807) is 5.01 Å². The molecule has 0 atom stereocenters. The zero-order chi connectivity index (χ0) is 11.5. The number of hydrazine groups is 1. The lowest BCUT2D eigenvalue weighted by Gasteiger charge is -2.13. The Bertz CT molecular complexity index is 166. The van der Waals surface area contributed by atoms with Crippen LogP contribution in [-0.2, 0) is 0 Å². The fraction of sp³-hybridized carbons (Fsp3) is 0.833. The van der Waals surface area contributed by atoms with Crippen molar-refractivity contribution >= 4 is 0 Å². The van der Waals surface area contributed by atoms with E-state index in [9.17, 15) is 0 Å². The number of hydrogen-bond donors (Lipinski definition) is 2. The van der Waals surface area contributed by atoms with Crippen LogP contribution in [0.25, 0.3) is 0 Å². The smallest absolute Gasteiger partial charge is 0.0342 e. The maximum Gasteiger partial charge on any atom is 0.0342 e. The third-order valence-electron chi connectivity index (χ3n) is 2.38. The molecule has 0 bridgehead atoms. The highest BCUT2D eigenvalue weighted by Gasteiger charge is 1.95. The Hall–Kier alpha value is -0.700. The van der Waals surface area contributed by atoms with Crippen molar-refractivity contribution in [2.24, 2.45) is 11.6 Å². The molecule has 0 aliphatic rings. The van der Waals surface area contributed by atoms with Gasteiger partial charge in [-0.25, -0.2) is 5.84 Å². The van der Waals surface area contributed by atoms with Gasteiger partial charge in [0.25, 0.3) is 0 Å². The second-order valence-electron chi connectivity index (χ2n) is 4.11. The van der Waals surface area contributed by atoms with Gasteiger partial charge < -0.3 is 10.7 Å². The maximum absolute atomic E-state index is 5.86. The summed E-state index contributed by atoms with van der Waals surface area (Å²) in [6.45, 7) is 5.20. The Morgan fingerprint density at radius 3 is 2.33 bits per heavy atom. The van der Waals surface area contributed by atoms with Gasteiger partial charge in [-0.3, -0.25) is 0 Å². The number of allylic oxidation sites excluding steroid dienone is 1. The highest BCUT2D eigenvalue weighted by atomic mass is 15.4. The summed E-state index contributed by atoms with van der Waals surface area (Å²) >= 11 is 0. The molecule has 0 unspecified atom stereocenters. The van der Waals surface area contributed by atoms with Gasteiger partial charge in [0.2, 0.25) is 0 Å². The van der Waals surface area contributed by atoms with Crippen molar-refractivity contribution in [1.29, 1.82) is 0 Å². The van der Waals surface area contributed by atoms with Crippen molar-refractivity contribution in [2.75, 3.05) is 6.54 Å². The maximum atomic E-state index is 5.86. The summed E-state index contributed by atoms with van der Waals surface area (Å²) in [5, 5.41) is 1.68. The minimum absolute atomic E-state index is 0.872. The lowest BCUT2D eigenvalue weighted by molar-refractivity contribution is 0.388. The molecule has 0 saturated carbocycles. The summed E-state index contributed by atoms with van der Waals surface area (Å²) in [5.41, 5.74) is 6.76. The number of hydrogen-bond acceptors (Lipinski definition) is 3. The minimum atomic E-state index is 0.872. The first-order valence-electron chi connectivity index (χ1n) is 6.18. The van der Waals surface area contributed by atoms with Crippen LogP contribution in [-0.4, -0.2) is 11.6 Å². The zero-order valence-electron chi connectivity index (χ0n) is 10.3. The van der Waals surface area contributed by atoms with E-state index < -0.39 is 0 Å². The van der Waals surface area contributed by atoms with Gasteiger partial charge in [-0.15, -0.1) is 0 Å². The van der Waals surface area contributed by atoms with Crippen LogP contribution in [0.4, 0.5) is 0 Å². The molecule has 0 aromatic carbocycles. The molecular formula is C12H27N3. The average molecular weight is 213 g/mol. The normalized spacial score (nSPS) is 11.8. The Kier molecular flexibility index (Phi) is 9.38. The summed E-state index contributed by atoms with van der Waals surface area (Å²) in [4.78, 5) is 0. The molecule has 0 amide bonds. The molecule has 90 valence electrons. The lowest BCUT2D eigenvalue weighted by atomic mass is 10.1. The van der Waals surface area contributed by atoms with Crippen molar-refractivity contribution in [3.63, 3.8) is 0 Å². The summed E-state index contributed by atoms with van der Waals surface area (Å²) in [6.07, 6.45) is 10.3. The number of nitrogens with zero attached hydrogens (tertiary/aromatic N) is 1. The van der Waals surface area contributed by atoms with Crippen LogP contribution in [0.15, 0.2) is 11.9 Å². The molecule has 15 heavy (non-hydrogen) atoms. The van der Waals surface area contributed by atoms with E-state index in [1.165, 1.54) is 32.1 Å². The molecule has 0 saturated heterocycles. The second kappa shape index (κ2) is 9.84. The first kappa shape index (κ1) is 14.3. The van der Waals surface area contributed by atoms with Crippen LogP contribution in [0.3, 0.4) is 0 Å². The average Bonchev–Trinajstić information content (AvgIpc) is 2.17. The van der Waals surface area contributed by atoms with E-state index in [4.69, 9.17) is 11.6 Å². The molecule has 0 heterocycles. The van der Waals surface area contributed by atoms with Gasteiger partial charge in [-0.2, -0.15) is 0 Å². The molecular weight excluding hydrogens is 186 g/mol. The van der Waals surface area contributed by atoms with Crippen LogP contribution in [0.2, 0.25) is 0 Å². The van der Waals surface area contributed by atoms with Gasteiger partial charge in [0.15, 0.2) is 0 Å². The predicted molar refractivity (Wildman–Crippen MR) is 66.8 cm³/mol. The molecule has 0 spiro atoms. The topological polar surface area (TPSA) is 55.3 Å². The van der Waals surface area contributed by atoms with Crippen molar-refractivity contribution in [3.8, 4) is 0 Å². The van der Waals surface area contributed by atoms with Crippen LogP contribution >= 0.6 is 0 Å². The van der Waals surface area contributed by atoms with Crippen LogP contribution < -0.4 is 11.6 Å². The summed E-state index contributed by atoms with van der Waals surface area (Å²) in [6, 6.07) is 0. The third-order valence-corrected chi connectivity index (χ3v) is 2.38. The molecule has 3 heteroatoms. The standard InChI is InChI=1S/C12H27N3/c1-3-5-6-7-8-9-12(13)11-15(14)10-4-2/h11H,3-10,13-14H2,1-2H3/b12-11-. The molecule has 0 aromatic rings. The first-order chi connectivity index (χ1) is 7.20. The summed E-state index contributed by atoms with van der Waals surface area (Å²) in [7, 11) is 0. The summed E-state index contributed by atoms with van der Waals surface area (Å²) in [5.74, 6) is 5.71. The molecule has 0 rings (SSSR count). The van der Waals surface area contributed by atoms with Crippen molar-refractivity contribution < 1.29 is 0 Å². The van der Waals surface area contributed by atoms with Gasteiger partial charge >= 0.3 is 0 Å². The largest absolute Gasteiger partial charge is 0.401 e. The molecule has 0 radical (unpaired) electrons. The van der Waals surface area contributed by atoms with Crippen LogP contribution in [0.5, 0.6) is 0 Å². The highest BCUT2D eigenvalue weighted by molar-refractivity contribution is 4.94. The number of nitrogens with two attached hydrogens (primary N) is 2. The number of unbranched alkanes of at least 4 members (excludes halogenated alkanes) is 4. The monoisotopic (exact) mass is 213 g/mol. The summed E-state index contributed by atoms with van der Waals surface area (Å²) < 4.78 is 0. The molecule has 0 aliphatic carbocycles. The second-order valence-corrected chi connectivity index (χ2v) is 4.11. The SMILES string of the molecule is CCCCCCC/C(N)=C/N(N)CCC. The van der Waals surface area contributed by atoms with Crippen LogP contribution in [0.1, 0.15) is 58.8 Å². The quantitative estimate of drug-likeness (QED) is 0.352. The van der Waals surface area contributed by atoms with Gasteiger partial charge in [-0.1, -0.05) is 39.5 Å². The van der Waals surface area contributed by atoms with E-state index in [-0.39, 0.29) is 0 Å². The Balaban J connectivity index is 3.50. The number of rotatable bonds is 9. The molecule has 0 fully saturated rings. The van der Waals surface area contributed by atoms with Gasteiger partial charge in [0.05, 0.1) is 0 Å². The highest BCUT2D eigenvalue weighted by Crippen LogP contribution is 2.07. The van der Waals surface area contributed by atoms with Gasteiger partial charge in [0.1, 0.15) is 0 Å². The molecule has 3 nitrogen and oxygen atoms in total. The zero-order valence-corrected chi connectivity index (χ0v) is 10.3. The first-order valence-corrected chi connectivity index (χ1v) is 6.18. The molecule has 4 N–H and O–H groups in total. The lowest BCUT2D eigenvalue weighted by Crippen LogP contribution is -2.27. The van der Waals surface area contributed by atoms with Crippen LogP contribution in [0, 0.1) is 0 Å². The molecule has 0 aromatic heterocycles. The van der Waals surface area contributed by atoms with E-state index >= 15 is 0 Å². The van der Waals surface area contributed by atoms with E-state index in [2.05, 4.69) is 13.8 Å². The van der Waals surface area contributed by atoms with E-state index in [0.29, 0.717) is 0 Å². The third kappa shape index (κ3) is 9.60. The predicted octanol–water partition coefficient (Wildman–Crippen LogP) is 2.73. The fourth-order valence-electron chi connectivity index (χ4n) is 1.53. The van der Waals surface area contributed by atoms with Crippen molar-refractivity contribution in [1.82, 2.24) is 5.01 Å². The fourth-order valence-corrected chi connectivity index (χ4v) is 1.53.